The smallest absolute Gasteiger partial charge is 0.406 e. The SMILES string of the molecule is O=C(NC1CC(c2ccc(OC(F)(F)F)cc2)CN(C(=O)N2CCC(O)CC2)C1)c1ccccc1. The number of alkyl halides is 3. The largest absolute Gasteiger partial charge is 0.573 e. The summed E-state index contributed by atoms with van der Waals surface area (Å²) < 4.78 is 41.5. The number of halogens is 3. The molecule has 2 saturated heterocycles. The second kappa shape index (κ2) is 10.6. The molecule has 2 fully saturated rings. The summed E-state index contributed by atoms with van der Waals surface area (Å²) in [5, 5.41) is 12.8. The summed E-state index contributed by atoms with van der Waals surface area (Å²) in [6, 6.07) is 13.9. The molecule has 2 N–H and O–H groups in total. The third-order valence-electron chi connectivity index (χ3n) is 6.41. The first-order valence-electron chi connectivity index (χ1n) is 11.6. The molecule has 3 amide bonds. The number of benzene rings is 2. The molecule has 0 radical (unpaired) electrons. The van der Waals surface area contributed by atoms with Crippen LogP contribution in [-0.4, -0.2) is 71.5 Å². The Labute approximate surface area is 201 Å². The van der Waals surface area contributed by atoms with Crippen molar-refractivity contribution in [3.8, 4) is 5.75 Å². The first-order valence-corrected chi connectivity index (χ1v) is 11.6. The molecule has 2 atom stereocenters. The molecule has 10 heteroatoms. The van der Waals surface area contributed by atoms with E-state index in [1.165, 1.54) is 12.1 Å². The lowest BCUT2D eigenvalue weighted by atomic mass is 9.88. The Hall–Kier alpha value is -3.27. The number of rotatable bonds is 4. The Morgan fingerprint density at radius 2 is 1.60 bits per heavy atom. The number of carbonyl (C=O) groups is 2. The van der Waals surface area contributed by atoms with Gasteiger partial charge < -0.3 is 25.0 Å². The lowest BCUT2D eigenvalue weighted by molar-refractivity contribution is -0.274. The summed E-state index contributed by atoms with van der Waals surface area (Å²) in [6.07, 6.45) is -3.64. The van der Waals surface area contributed by atoms with E-state index in [2.05, 4.69) is 10.1 Å². The van der Waals surface area contributed by atoms with Gasteiger partial charge >= 0.3 is 12.4 Å². The van der Waals surface area contributed by atoms with Crippen molar-refractivity contribution in [2.24, 2.45) is 0 Å². The van der Waals surface area contributed by atoms with Crippen LogP contribution in [0.1, 0.15) is 41.1 Å². The number of aliphatic hydroxyl groups excluding tert-OH is 1. The Bertz CT molecular complexity index is 1010. The molecule has 2 aliphatic heterocycles. The fourth-order valence-corrected chi connectivity index (χ4v) is 4.66. The van der Waals surface area contributed by atoms with Crippen molar-refractivity contribution in [3.63, 3.8) is 0 Å². The number of urea groups is 1. The van der Waals surface area contributed by atoms with Crippen LogP contribution in [0.4, 0.5) is 18.0 Å². The second-order valence-electron chi connectivity index (χ2n) is 8.99. The van der Waals surface area contributed by atoms with Crippen molar-refractivity contribution < 1.29 is 32.6 Å². The zero-order chi connectivity index (χ0) is 25.0. The topological polar surface area (TPSA) is 82.1 Å². The second-order valence-corrected chi connectivity index (χ2v) is 8.99. The van der Waals surface area contributed by atoms with Crippen LogP contribution in [0.15, 0.2) is 54.6 Å². The number of carbonyl (C=O) groups excluding carboxylic acids is 2. The van der Waals surface area contributed by atoms with E-state index in [1.807, 2.05) is 6.07 Å². The number of likely N-dealkylation sites (tertiary alicyclic amines) is 2. The Morgan fingerprint density at radius 1 is 0.943 bits per heavy atom. The van der Waals surface area contributed by atoms with Crippen LogP contribution < -0.4 is 10.1 Å². The predicted octanol–water partition coefficient (Wildman–Crippen LogP) is 3.75. The lowest BCUT2D eigenvalue weighted by Crippen LogP contribution is -2.56. The number of hydrogen-bond donors (Lipinski definition) is 2. The van der Waals surface area contributed by atoms with Crippen LogP contribution in [0.25, 0.3) is 0 Å². The highest BCUT2D eigenvalue weighted by atomic mass is 19.4. The Morgan fingerprint density at radius 3 is 2.23 bits per heavy atom. The molecule has 0 bridgehead atoms. The fourth-order valence-electron chi connectivity index (χ4n) is 4.66. The molecule has 7 nitrogen and oxygen atoms in total. The van der Waals surface area contributed by atoms with Gasteiger partial charge in [-0.1, -0.05) is 30.3 Å². The standard InChI is InChI=1S/C25H28F3N3O4/c26-25(27,28)35-22-8-6-17(7-9-22)19-14-20(29-23(33)18-4-2-1-3-5-18)16-31(15-19)24(34)30-12-10-21(32)11-13-30/h1-9,19-21,32H,10-16H2,(H,29,33). The number of nitrogens with zero attached hydrogens (tertiary/aromatic N) is 2. The average molecular weight is 492 g/mol. The van der Waals surface area contributed by atoms with Gasteiger partial charge in [-0.05, 0) is 49.1 Å². The van der Waals surface area contributed by atoms with E-state index >= 15 is 0 Å². The van der Waals surface area contributed by atoms with Crippen molar-refractivity contribution in [2.75, 3.05) is 26.2 Å². The van der Waals surface area contributed by atoms with Crippen LogP contribution in [-0.2, 0) is 0 Å². The quantitative estimate of drug-likeness (QED) is 0.683. The monoisotopic (exact) mass is 491 g/mol. The van der Waals surface area contributed by atoms with E-state index in [-0.39, 0.29) is 29.6 Å². The summed E-state index contributed by atoms with van der Waals surface area (Å²) >= 11 is 0. The van der Waals surface area contributed by atoms with Crippen LogP contribution >= 0.6 is 0 Å². The van der Waals surface area contributed by atoms with Crippen molar-refractivity contribution in [2.45, 2.75) is 43.7 Å². The minimum absolute atomic E-state index is 0.169. The highest BCUT2D eigenvalue weighted by Gasteiger charge is 2.35. The van der Waals surface area contributed by atoms with Gasteiger partial charge in [-0.25, -0.2) is 4.79 Å². The molecule has 0 saturated carbocycles. The van der Waals surface area contributed by atoms with Gasteiger partial charge in [0.05, 0.1) is 6.10 Å². The summed E-state index contributed by atoms with van der Waals surface area (Å²) in [5.74, 6) is -0.756. The summed E-state index contributed by atoms with van der Waals surface area (Å²) in [6.45, 7) is 1.59. The average Bonchev–Trinajstić information content (AvgIpc) is 2.84. The van der Waals surface area contributed by atoms with E-state index in [0.717, 1.165) is 5.56 Å². The highest BCUT2D eigenvalue weighted by molar-refractivity contribution is 5.94. The Kier molecular flexibility index (Phi) is 7.49. The van der Waals surface area contributed by atoms with Crippen LogP contribution in [0.2, 0.25) is 0 Å². The number of ether oxygens (including phenoxy) is 1. The number of hydrogen-bond acceptors (Lipinski definition) is 4. The molecule has 188 valence electrons. The third-order valence-corrected chi connectivity index (χ3v) is 6.41. The van der Waals surface area contributed by atoms with Gasteiger partial charge in [-0.3, -0.25) is 4.79 Å². The Balaban J connectivity index is 1.51. The van der Waals surface area contributed by atoms with Crippen molar-refractivity contribution in [1.29, 1.82) is 0 Å². The predicted molar refractivity (Wildman–Crippen MR) is 122 cm³/mol. The number of piperidine rings is 2. The summed E-state index contributed by atoms with van der Waals surface area (Å²) in [7, 11) is 0. The molecule has 2 aliphatic rings. The molecule has 2 aromatic rings. The van der Waals surface area contributed by atoms with Gasteiger partial charge in [-0.2, -0.15) is 0 Å². The van der Waals surface area contributed by atoms with E-state index < -0.39 is 12.5 Å². The van der Waals surface area contributed by atoms with E-state index in [4.69, 9.17) is 0 Å². The lowest BCUT2D eigenvalue weighted by Gasteiger charge is -2.41. The van der Waals surface area contributed by atoms with Crippen molar-refractivity contribution in [3.05, 3.63) is 65.7 Å². The van der Waals surface area contributed by atoms with E-state index in [1.54, 1.807) is 46.2 Å². The summed E-state index contributed by atoms with van der Waals surface area (Å²) in [5.41, 5.74) is 1.26. The number of nitrogens with one attached hydrogen (secondary N) is 1. The molecule has 2 unspecified atom stereocenters. The molecule has 35 heavy (non-hydrogen) atoms. The fraction of sp³-hybridized carbons (Fsp3) is 0.440. The highest BCUT2D eigenvalue weighted by Crippen LogP contribution is 2.31. The minimum Gasteiger partial charge on any atom is -0.406 e. The molecule has 2 heterocycles. The maximum atomic E-state index is 13.3. The van der Waals surface area contributed by atoms with Gasteiger partial charge in [0.1, 0.15) is 5.75 Å². The maximum Gasteiger partial charge on any atom is 0.573 e. The molecule has 2 aromatic carbocycles. The van der Waals surface area contributed by atoms with Gasteiger partial charge in [0.25, 0.3) is 5.91 Å². The van der Waals surface area contributed by atoms with Gasteiger partial charge in [0.15, 0.2) is 0 Å². The summed E-state index contributed by atoms with van der Waals surface area (Å²) in [4.78, 5) is 29.4. The number of amides is 3. The molecule has 0 aliphatic carbocycles. The molecule has 0 aromatic heterocycles. The third kappa shape index (κ3) is 6.66. The van der Waals surface area contributed by atoms with E-state index in [0.29, 0.717) is 51.0 Å². The molecular weight excluding hydrogens is 463 g/mol. The van der Waals surface area contributed by atoms with Crippen molar-refractivity contribution >= 4 is 11.9 Å². The number of aliphatic hydroxyl groups is 1. The van der Waals surface area contributed by atoms with Crippen LogP contribution in [0, 0.1) is 0 Å². The molecule has 0 spiro atoms. The minimum atomic E-state index is -4.77. The molecular formula is C25H28F3N3O4. The first-order chi connectivity index (χ1) is 16.7. The van der Waals surface area contributed by atoms with Crippen molar-refractivity contribution in [1.82, 2.24) is 15.1 Å². The van der Waals surface area contributed by atoms with E-state index in [9.17, 15) is 27.9 Å². The zero-order valence-electron chi connectivity index (χ0n) is 19.1. The van der Waals surface area contributed by atoms with Crippen LogP contribution in [0.5, 0.6) is 5.75 Å². The normalized spacial score (nSPS) is 21.5. The van der Waals surface area contributed by atoms with Crippen LogP contribution in [0.3, 0.4) is 0 Å². The van der Waals surface area contributed by atoms with Gasteiger partial charge in [-0.15, -0.1) is 13.2 Å². The molecule has 4 rings (SSSR count). The van der Waals surface area contributed by atoms with Gasteiger partial charge in [0, 0.05) is 43.7 Å². The first kappa shape index (κ1) is 24.8. The zero-order valence-corrected chi connectivity index (χ0v) is 19.1. The van der Waals surface area contributed by atoms with Gasteiger partial charge in [0.2, 0.25) is 0 Å². The maximum absolute atomic E-state index is 13.3.